The Morgan fingerprint density at radius 2 is 1.97 bits per heavy atom. The normalized spacial score (nSPS) is 17.0. The summed E-state index contributed by atoms with van der Waals surface area (Å²) in [4.78, 5) is 23.3. The molecule has 0 saturated heterocycles. The Hall–Kier alpha value is -2.52. The van der Waals surface area contributed by atoms with Gasteiger partial charge in [-0.1, -0.05) is 32.6 Å². The van der Waals surface area contributed by atoms with Gasteiger partial charge in [0.05, 0.1) is 11.9 Å². The molecule has 186 valence electrons. The van der Waals surface area contributed by atoms with E-state index in [1.807, 2.05) is 37.6 Å². The van der Waals surface area contributed by atoms with E-state index in [9.17, 15) is 9.18 Å². The third-order valence-corrected chi connectivity index (χ3v) is 7.17. The molecule has 2 aromatic heterocycles. The van der Waals surface area contributed by atoms with Gasteiger partial charge in [-0.15, -0.1) is 0 Å². The second-order valence-electron chi connectivity index (χ2n) is 11.1. The lowest BCUT2D eigenvalue weighted by molar-refractivity contribution is 0.0251. The largest absolute Gasteiger partial charge is 0.444 e. The lowest BCUT2D eigenvalue weighted by Crippen LogP contribution is -2.41. The van der Waals surface area contributed by atoms with Crippen LogP contribution in [0.1, 0.15) is 33.4 Å². The van der Waals surface area contributed by atoms with Gasteiger partial charge >= 0.3 is 6.09 Å². The Balaban J connectivity index is 1.82. The van der Waals surface area contributed by atoms with Crippen molar-refractivity contribution < 1.29 is 18.7 Å². The quantitative estimate of drug-likeness (QED) is 0.371. The average Bonchev–Trinajstić information content (AvgIpc) is 3.13. The zero-order chi connectivity index (χ0) is 25.1. The molecule has 7 nitrogen and oxygen atoms in total. The minimum Gasteiger partial charge on any atom is -0.444 e. The lowest BCUT2D eigenvalue weighted by atomic mass is 9.94. The first-order chi connectivity index (χ1) is 15.8. The van der Waals surface area contributed by atoms with Crippen LogP contribution in [0.2, 0.25) is 25.7 Å². The van der Waals surface area contributed by atoms with Crippen molar-refractivity contribution in [2.24, 2.45) is 5.92 Å². The van der Waals surface area contributed by atoms with Gasteiger partial charge in [0.15, 0.2) is 5.82 Å². The van der Waals surface area contributed by atoms with Crippen molar-refractivity contribution in [3.63, 3.8) is 0 Å². The first-order valence-electron chi connectivity index (χ1n) is 11.8. The fraction of sp³-hybridized carbons (Fsp3) is 0.560. The molecule has 3 heterocycles. The third-order valence-electron chi connectivity index (χ3n) is 5.46. The van der Waals surface area contributed by atoms with Crippen LogP contribution in [0, 0.1) is 11.7 Å². The molecule has 0 saturated carbocycles. The second-order valence-corrected chi connectivity index (χ2v) is 16.7. The van der Waals surface area contributed by atoms with Crippen LogP contribution < -0.4 is 0 Å². The number of hydrogen-bond acceptors (Lipinski definition) is 5. The molecule has 9 heteroatoms. The fourth-order valence-electron chi connectivity index (χ4n) is 3.65. The maximum Gasteiger partial charge on any atom is 0.410 e. The number of imidazole rings is 1. The number of carbonyl (C=O) groups excluding carboxylic acids is 1. The molecule has 1 amide bonds. The molecule has 1 aliphatic rings. The summed E-state index contributed by atoms with van der Waals surface area (Å²) in [5.74, 6) is 0.316. The van der Waals surface area contributed by atoms with Gasteiger partial charge < -0.3 is 18.9 Å². The van der Waals surface area contributed by atoms with Crippen molar-refractivity contribution in [2.45, 2.75) is 65.7 Å². The Labute approximate surface area is 203 Å². The molecule has 2 aromatic rings. The number of ether oxygens (including phenoxy) is 2. The van der Waals surface area contributed by atoms with Crippen LogP contribution in [-0.2, 0) is 16.2 Å². The number of hydrogen-bond donors (Lipinski definition) is 0. The van der Waals surface area contributed by atoms with E-state index < -0.39 is 13.7 Å². The summed E-state index contributed by atoms with van der Waals surface area (Å²) < 4.78 is 26.9. The van der Waals surface area contributed by atoms with E-state index in [1.54, 1.807) is 11.0 Å². The maximum absolute atomic E-state index is 13.5. The minimum absolute atomic E-state index is 0.0754. The first-order valence-corrected chi connectivity index (χ1v) is 15.5. The van der Waals surface area contributed by atoms with Crippen LogP contribution in [0.3, 0.4) is 0 Å². The number of rotatable bonds is 7. The van der Waals surface area contributed by atoms with E-state index >= 15 is 0 Å². The molecule has 1 atom stereocenters. The Bertz CT molecular complexity index is 1020. The van der Waals surface area contributed by atoms with Crippen LogP contribution in [-0.4, -0.2) is 58.9 Å². The van der Waals surface area contributed by atoms with Crippen molar-refractivity contribution in [3.8, 4) is 11.5 Å². The van der Waals surface area contributed by atoms with Gasteiger partial charge in [-0.3, -0.25) is 0 Å². The molecule has 0 N–H and O–H groups in total. The van der Waals surface area contributed by atoms with Crippen molar-refractivity contribution in [3.05, 3.63) is 42.1 Å². The highest BCUT2D eigenvalue weighted by molar-refractivity contribution is 6.76. The van der Waals surface area contributed by atoms with Gasteiger partial charge in [0.1, 0.15) is 23.8 Å². The highest BCUT2D eigenvalue weighted by atomic mass is 28.3. The van der Waals surface area contributed by atoms with Gasteiger partial charge in [-0.25, -0.2) is 19.2 Å². The summed E-state index contributed by atoms with van der Waals surface area (Å²) in [7, 11) is -1.20. The number of carbonyl (C=O) groups is 1. The van der Waals surface area contributed by atoms with Crippen LogP contribution in [0.15, 0.2) is 30.6 Å². The molecule has 1 unspecified atom stereocenters. The molecule has 0 radical (unpaired) electrons. The first kappa shape index (κ1) is 26.1. The molecule has 0 spiro atoms. The van der Waals surface area contributed by atoms with E-state index in [0.29, 0.717) is 37.9 Å². The molecular weight excluding hydrogens is 451 g/mol. The monoisotopic (exact) mass is 488 g/mol. The van der Waals surface area contributed by atoms with Gasteiger partial charge in [0.25, 0.3) is 0 Å². The van der Waals surface area contributed by atoms with Gasteiger partial charge in [-0.2, -0.15) is 0 Å². The van der Waals surface area contributed by atoms with Crippen molar-refractivity contribution >= 4 is 19.7 Å². The number of pyridine rings is 1. The molecule has 0 aliphatic carbocycles. The Morgan fingerprint density at radius 1 is 1.24 bits per heavy atom. The molecule has 3 rings (SSSR count). The van der Waals surface area contributed by atoms with Crippen LogP contribution in [0.25, 0.3) is 17.1 Å². The molecule has 0 aromatic carbocycles. The summed E-state index contributed by atoms with van der Waals surface area (Å²) in [5.41, 5.74) is 1.92. The number of halogens is 1. The van der Waals surface area contributed by atoms with E-state index in [0.717, 1.165) is 17.3 Å². The predicted molar refractivity (Wildman–Crippen MR) is 134 cm³/mol. The topological polar surface area (TPSA) is 69.5 Å². The summed E-state index contributed by atoms with van der Waals surface area (Å²) in [6, 6.07) is 4.08. The minimum atomic E-state index is -1.20. The van der Waals surface area contributed by atoms with E-state index in [4.69, 9.17) is 14.5 Å². The SMILES string of the molecule is CC1CN(C(=O)OC(C)(C)C)CC=C1c1cn(COCC[Si](C)(C)C)c(-c2ccc(F)cn2)n1. The predicted octanol–water partition coefficient (Wildman–Crippen LogP) is 5.67. The molecule has 0 bridgehead atoms. The van der Waals surface area contributed by atoms with E-state index in [1.165, 1.54) is 12.3 Å². The average molecular weight is 489 g/mol. The highest BCUT2D eigenvalue weighted by Crippen LogP contribution is 2.30. The summed E-state index contributed by atoms with van der Waals surface area (Å²) in [6.07, 6.45) is 4.87. The molecule has 1 aliphatic heterocycles. The van der Waals surface area contributed by atoms with E-state index in [-0.39, 0.29) is 17.8 Å². The summed E-state index contributed by atoms with van der Waals surface area (Å²) in [6.45, 7) is 16.6. The fourth-order valence-corrected chi connectivity index (χ4v) is 4.41. The molecule has 0 fully saturated rings. The standard InChI is InChI=1S/C25H37FN4O3Si/c1-18-15-29(24(31)33-25(2,3)4)11-10-20(18)22-16-30(17-32-12-13-34(5,6)7)23(28-22)21-9-8-19(26)14-27-21/h8-10,14,16,18H,11-13,15,17H2,1-7H3. The molecular formula is C25H37FN4O3Si. The highest BCUT2D eigenvalue weighted by Gasteiger charge is 2.29. The zero-order valence-electron chi connectivity index (χ0n) is 21.4. The van der Waals surface area contributed by atoms with Crippen molar-refractivity contribution in [1.82, 2.24) is 19.4 Å². The lowest BCUT2D eigenvalue weighted by Gasteiger charge is -2.32. The van der Waals surface area contributed by atoms with Crippen LogP contribution >= 0.6 is 0 Å². The number of aromatic nitrogens is 3. The number of amides is 1. The number of nitrogens with zero attached hydrogens (tertiary/aromatic N) is 4. The van der Waals surface area contributed by atoms with E-state index in [2.05, 4.69) is 31.5 Å². The zero-order valence-corrected chi connectivity index (χ0v) is 22.4. The summed E-state index contributed by atoms with van der Waals surface area (Å²) >= 11 is 0. The maximum atomic E-state index is 13.5. The second kappa shape index (κ2) is 10.4. The Kier molecular flexibility index (Phi) is 7.97. The summed E-state index contributed by atoms with van der Waals surface area (Å²) in [5, 5.41) is 0. The van der Waals surface area contributed by atoms with Crippen LogP contribution in [0.5, 0.6) is 0 Å². The van der Waals surface area contributed by atoms with Crippen molar-refractivity contribution in [2.75, 3.05) is 19.7 Å². The smallest absolute Gasteiger partial charge is 0.410 e. The third kappa shape index (κ3) is 7.24. The van der Waals surface area contributed by atoms with Gasteiger partial charge in [0, 0.05) is 39.9 Å². The van der Waals surface area contributed by atoms with Gasteiger partial charge in [-0.05, 0) is 44.5 Å². The molecule has 34 heavy (non-hydrogen) atoms. The Morgan fingerprint density at radius 3 is 2.56 bits per heavy atom. The van der Waals surface area contributed by atoms with Crippen LogP contribution in [0.4, 0.5) is 9.18 Å². The van der Waals surface area contributed by atoms with Crippen molar-refractivity contribution in [1.29, 1.82) is 0 Å². The van der Waals surface area contributed by atoms with Gasteiger partial charge in [0.2, 0.25) is 0 Å².